The fraction of sp³-hybridized carbons (Fsp3) is 0.160. The van der Waals surface area contributed by atoms with E-state index in [1.165, 1.54) is 15.7 Å². The second-order valence-corrected chi connectivity index (χ2v) is 10.2. The van der Waals surface area contributed by atoms with Crippen LogP contribution >= 0.6 is 19.4 Å². The molecule has 0 radical (unpaired) electrons. The average molecular weight is 557 g/mol. The van der Waals surface area contributed by atoms with Crippen LogP contribution in [0.4, 0.5) is 11.4 Å². The van der Waals surface area contributed by atoms with Crippen LogP contribution in [0, 0.1) is 13.8 Å². The molecule has 7 heteroatoms. The molecule has 0 saturated carbocycles. The van der Waals surface area contributed by atoms with Crippen molar-refractivity contribution in [2.75, 3.05) is 25.6 Å². The number of nitrogen functional groups attached to an aromatic ring is 2. The van der Waals surface area contributed by atoms with Gasteiger partial charge in [-0.3, -0.25) is 4.79 Å². The Balaban J connectivity index is 0.000000395. The Labute approximate surface area is 205 Å². The second-order valence-electron chi connectivity index (χ2n) is 7.53. The number of carbonyl (C=O) groups excluding carboxylic acids is 1. The Morgan fingerprint density at radius 3 is 1.41 bits per heavy atom. The van der Waals surface area contributed by atoms with Gasteiger partial charge in [0, 0.05) is 36.6 Å². The first-order valence-corrected chi connectivity index (χ1v) is 14.3. The van der Waals surface area contributed by atoms with Gasteiger partial charge in [-0.25, -0.2) is 0 Å². The Bertz CT molecular complexity index is 1140. The summed E-state index contributed by atoms with van der Waals surface area (Å²) in [5.41, 5.74) is 18.9. The molecule has 0 aliphatic rings. The summed E-state index contributed by atoms with van der Waals surface area (Å²) in [7, 11) is 13.1. The normalized spacial score (nSPS) is 10.2. The zero-order valence-corrected chi connectivity index (χ0v) is 21.7. The number of benzene rings is 4. The molecule has 0 saturated heterocycles. The molecule has 170 valence electrons. The van der Waals surface area contributed by atoms with Crippen molar-refractivity contribution >= 4 is 58.7 Å². The van der Waals surface area contributed by atoms with Gasteiger partial charge in [0.05, 0.1) is 0 Å². The Kier molecular flexibility index (Phi) is 9.77. The summed E-state index contributed by atoms with van der Waals surface area (Å²) in [6, 6.07) is 21.0. The quantitative estimate of drug-likeness (QED) is 0.167. The SMILES string of the molecule is CN(C)C=O.Cc1cc2ccccc2c(-c2c(N)c(C)cc3ccccc23)c1N.[Cl][Ru][Cl]. The molecule has 0 unspecified atom stereocenters. The van der Waals surface area contributed by atoms with E-state index in [4.69, 9.17) is 30.8 Å². The van der Waals surface area contributed by atoms with E-state index in [1.54, 1.807) is 14.1 Å². The van der Waals surface area contributed by atoms with E-state index in [-0.39, 0.29) is 15.1 Å². The van der Waals surface area contributed by atoms with Gasteiger partial charge in [0.2, 0.25) is 6.41 Å². The summed E-state index contributed by atoms with van der Waals surface area (Å²) in [6.45, 7) is 4.11. The standard InChI is InChI=1S/C22H20N2.C3H7NO.2ClH.Ru/c1-13-11-15-7-3-5-9-17(15)19(21(13)23)20-18-10-6-4-8-16(18)12-14(2)22(20)24;1-4(2)3-5;;;/h3-12H,23-24H2,1-2H3;3H,1-2H3;2*1H;/q;;;;+2/p-2. The van der Waals surface area contributed by atoms with Crippen LogP contribution in [0.15, 0.2) is 60.7 Å². The van der Waals surface area contributed by atoms with Crippen LogP contribution in [-0.2, 0) is 19.9 Å². The number of anilines is 2. The minimum absolute atomic E-state index is 0.346. The molecule has 0 spiro atoms. The van der Waals surface area contributed by atoms with Gasteiger partial charge >= 0.3 is 34.5 Å². The zero-order chi connectivity index (χ0) is 23.8. The maximum absolute atomic E-state index is 9.43. The minimum atomic E-state index is -0.346. The molecule has 0 fully saturated rings. The van der Waals surface area contributed by atoms with E-state index in [9.17, 15) is 4.79 Å². The molecule has 1 amide bonds. The first-order valence-electron chi connectivity index (χ1n) is 9.79. The average Bonchev–Trinajstić information content (AvgIpc) is 2.77. The molecular weight excluding hydrogens is 530 g/mol. The fourth-order valence-corrected chi connectivity index (χ4v) is 3.55. The molecule has 4 nitrogen and oxygen atoms in total. The van der Waals surface area contributed by atoms with Crippen LogP contribution in [0.3, 0.4) is 0 Å². The number of amides is 1. The zero-order valence-electron chi connectivity index (χ0n) is 18.5. The van der Waals surface area contributed by atoms with E-state index >= 15 is 0 Å². The Morgan fingerprint density at radius 2 is 1.09 bits per heavy atom. The van der Waals surface area contributed by atoms with Crippen LogP contribution in [0.25, 0.3) is 32.7 Å². The predicted octanol–water partition coefficient (Wildman–Crippen LogP) is 6.52. The van der Waals surface area contributed by atoms with E-state index in [1.807, 2.05) is 0 Å². The third kappa shape index (κ3) is 5.92. The van der Waals surface area contributed by atoms with E-state index in [2.05, 4.69) is 74.5 Å². The molecule has 0 aromatic heterocycles. The summed E-state index contributed by atoms with van der Waals surface area (Å²) in [5.74, 6) is 0. The van der Waals surface area contributed by atoms with Crippen molar-refractivity contribution in [1.82, 2.24) is 4.90 Å². The van der Waals surface area contributed by atoms with Crippen LogP contribution < -0.4 is 11.5 Å². The first kappa shape index (κ1) is 25.9. The van der Waals surface area contributed by atoms with Gasteiger partial charge in [0.1, 0.15) is 0 Å². The van der Waals surface area contributed by atoms with Crippen LogP contribution in [-0.4, -0.2) is 25.4 Å². The first-order chi connectivity index (χ1) is 15.3. The molecular formula is C25H27Cl2N3ORu. The number of carbonyl (C=O) groups is 1. The summed E-state index contributed by atoms with van der Waals surface area (Å²) < 4.78 is 0. The third-order valence-corrected chi connectivity index (χ3v) is 5.05. The van der Waals surface area contributed by atoms with Gasteiger partial charge in [0.25, 0.3) is 0 Å². The number of rotatable bonds is 2. The number of hydrogen-bond acceptors (Lipinski definition) is 3. The molecule has 0 aliphatic heterocycles. The number of fused-ring (bicyclic) bond motifs is 2. The van der Waals surface area contributed by atoms with Crippen molar-refractivity contribution < 1.29 is 19.9 Å². The Hall–Kier alpha value is -2.33. The molecule has 4 N–H and O–H groups in total. The number of halogens is 2. The topological polar surface area (TPSA) is 72.3 Å². The van der Waals surface area contributed by atoms with Gasteiger partial charge in [-0.1, -0.05) is 48.5 Å². The third-order valence-electron chi connectivity index (χ3n) is 5.05. The molecule has 0 heterocycles. The van der Waals surface area contributed by atoms with Crippen molar-refractivity contribution in [3.63, 3.8) is 0 Å². The molecule has 0 bridgehead atoms. The van der Waals surface area contributed by atoms with Crippen LogP contribution in [0.1, 0.15) is 11.1 Å². The number of aryl methyl sites for hydroxylation is 2. The monoisotopic (exact) mass is 557 g/mol. The van der Waals surface area contributed by atoms with Crippen molar-refractivity contribution in [2.45, 2.75) is 13.8 Å². The molecule has 4 rings (SSSR count). The maximum atomic E-state index is 9.43. The van der Waals surface area contributed by atoms with Gasteiger partial charge in [-0.2, -0.15) is 0 Å². The molecule has 4 aromatic rings. The van der Waals surface area contributed by atoms with Gasteiger partial charge in [-0.05, 0) is 58.7 Å². The van der Waals surface area contributed by atoms with E-state index in [0.717, 1.165) is 50.8 Å². The second kappa shape index (κ2) is 12.1. The van der Waals surface area contributed by atoms with Gasteiger partial charge < -0.3 is 16.4 Å². The van der Waals surface area contributed by atoms with Gasteiger partial charge in [-0.15, -0.1) is 0 Å². The molecule has 0 aliphatic carbocycles. The van der Waals surface area contributed by atoms with Crippen molar-refractivity contribution in [3.05, 3.63) is 71.8 Å². The van der Waals surface area contributed by atoms with E-state index < -0.39 is 0 Å². The van der Waals surface area contributed by atoms with Crippen molar-refractivity contribution in [2.24, 2.45) is 0 Å². The fourth-order valence-electron chi connectivity index (χ4n) is 3.55. The van der Waals surface area contributed by atoms with Crippen LogP contribution in [0.5, 0.6) is 0 Å². The molecule has 0 atom stereocenters. The van der Waals surface area contributed by atoms with Crippen LogP contribution in [0.2, 0.25) is 0 Å². The number of hydrogen-bond donors (Lipinski definition) is 2. The summed E-state index contributed by atoms with van der Waals surface area (Å²) in [4.78, 5) is 10.9. The summed E-state index contributed by atoms with van der Waals surface area (Å²) >= 11 is -0.346. The molecule has 4 aromatic carbocycles. The van der Waals surface area contributed by atoms with Crippen molar-refractivity contribution in [1.29, 1.82) is 0 Å². The van der Waals surface area contributed by atoms with E-state index in [0.29, 0.717) is 0 Å². The summed E-state index contributed by atoms with van der Waals surface area (Å²) in [5, 5.41) is 4.65. The Morgan fingerprint density at radius 1 is 0.781 bits per heavy atom. The summed E-state index contributed by atoms with van der Waals surface area (Å²) in [6.07, 6.45) is 0.750. The molecule has 32 heavy (non-hydrogen) atoms. The number of nitrogens with two attached hydrogens (primary N) is 2. The van der Waals surface area contributed by atoms with Crippen molar-refractivity contribution in [3.8, 4) is 11.1 Å². The van der Waals surface area contributed by atoms with Gasteiger partial charge in [0.15, 0.2) is 0 Å². The predicted molar refractivity (Wildman–Crippen MR) is 137 cm³/mol. The number of nitrogens with zero attached hydrogens (tertiary/aromatic N) is 1.